The normalized spacial score (nSPS) is 10.3. The van der Waals surface area contributed by atoms with Crippen LogP contribution < -0.4 is 11.3 Å². The average Bonchev–Trinajstić information content (AvgIpc) is 2.16. The Labute approximate surface area is 76.6 Å². The minimum absolute atomic E-state index is 0.871. The van der Waals surface area contributed by atoms with Gasteiger partial charge in [0.05, 0.1) is 11.2 Å². The van der Waals surface area contributed by atoms with Gasteiger partial charge in [-0.2, -0.15) is 0 Å². The molecule has 0 bridgehead atoms. The molecule has 0 unspecified atom stereocenters. The van der Waals surface area contributed by atoms with Crippen LogP contribution >= 0.6 is 0 Å². The molecule has 3 N–H and O–H groups in total. The van der Waals surface area contributed by atoms with Crippen molar-refractivity contribution >= 4 is 16.6 Å². The largest absolute Gasteiger partial charge is 0.322 e. The van der Waals surface area contributed by atoms with E-state index in [-0.39, 0.29) is 0 Å². The molecule has 0 aliphatic heterocycles. The Hall–Kier alpha value is -1.61. The van der Waals surface area contributed by atoms with Crippen molar-refractivity contribution in [2.45, 2.75) is 6.92 Å². The van der Waals surface area contributed by atoms with Gasteiger partial charge in [0.2, 0.25) is 0 Å². The molecule has 0 atom stereocenters. The van der Waals surface area contributed by atoms with E-state index in [1.165, 1.54) is 5.56 Å². The van der Waals surface area contributed by atoms with Crippen molar-refractivity contribution in [1.29, 1.82) is 0 Å². The number of rotatable bonds is 1. The minimum Gasteiger partial charge on any atom is -0.322 e. The number of aromatic nitrogens is 1. The summed E-state index contributed by atoms with van der Waals surface area (Å²) in [5.41, 5.74) is 5.61. The summed E-state index contributed by atoms with van der Waals surface area (Å²) in [6.07, 6.45) is 1.76. The van der Waals surface area contributed by atoms with Gasteiger partial charge in [0.15, 0.2) is 0 Å². The van der Waals surface area contributed by atoms with Crippen molar-refractivity contribution in [3.05, 3.63) is 36.0 Å². The molecule has 0 aliphatic carbocycles. The Bertz CT molecular complexity index is 437. The summed E-state index contributed by atoms with van der Waals surface area (Å²) in [5.74, 6) is 5.39. The van der Waals surface area contributed by atoms with E-state index in [9.17, 15) is 0 Å². The molecule has 0 radical (unpaired) electrons. The third-order valence-electron chi connectivity index (χ3n) is 2.00. The molecule has 2 aromatic rings. The van der Waals surface area contributed by atoms with Crippen LogP contribution in [0.25, 0.3) is 10.9 Å². The third kappa shape index (κ3) is 1.34. The summed E-state index contributed by atoms with van der Waals surface area (Å²) in [5, 5.41) is 1.11. The van der Waals surface area contributed by atoms with E-state index in [4.69, 9.17) is 5.84 Å². The van der Waals surface area contributed by atoms with Crippen LogP contribution in [0.1, 0.15) is 5.56 Å². The Morgan fingerprint density at radius 3 is 3.00 bits per heavy atom. The number of hydrazine groups is 1. The predicted octanol–water partition coefficient (Wildman–Crippen LogP) is 1.83. The highest BCUT2D eigenvalue weighted by atomic mass is 15.2. The van der Waals surface area contributed by atoms with Crippen molar-refractivity contribution in [3.63, 3.8) is 0 Å². The molecule has 0 spiro atoms. The van der Waals surface area contributed by atoms with Crippen LogP contribution in [0.3, 0.4) is 0 Å². The summed E-state index contributed by atoms with van der Waals surface area (Å²) in [6.45, 7) is 2.04. The first-order chi connectivity index (χ1) is 6.31. The number of fused-ring (bicyclic) bond motifs is 1. The fraction of sp³-hybridized carbons (Fsp3) is 0.100. The maximum atomic E-state index is 5.39. The summed E-state index contributed by atoms with van der Waals surface area (Å²) >= 11 is 0. The summed E-state index contributed by atoms with van der Waals surface area (Å²) in [7, 11) is 0. The molecule has 13 heavy (non-hydrogen) atoms. The molecule has 0 amide bonds. The van der Waals surface area contributed by atoms with Crippen LogP contribution in [0.15, 0.2) is 30.5 Å². The van der Waals surface area contributed by atoms with Gasteiger partial charge in [-0.05, 0) is 30.7 Å². The van der Waals surface area contributed by atoms with Crippen LogP contribution in [0.2, 0.25) is 0 Å². The molecule has 0 saturated heterocycles. The topological polar surface area (TPSA) is 50.9 Å². The van der Waals surface area contributed by atoms with Crippen molar-refractivity contribution < 1.29 is 0 Å². The number of benzene rings is 1. The van der Waals surface area contributed by atoms with Gasteiger partial charge < -0.3 is 5.43 Å². The molecular weight excluding hydrogens is 162 g/mol. The van der Waals surface area contributed by atoms with E-state index in [1.807, 2.05) is 25.1 Å². The highest BCUT2D eigenvalue weighted by Crippen LogP contribution is 2.21. The van der Waals surface area contributed by atoms with Crippen LogP contribution in [0, 0.1) is 6.92 Å². The van der Waals surface area contributed by atoms with E-state index in [0.717, 1.165) is 16.6 Å². The van der Waals surface area contributed by atoms with Gasteiger partial charge in [-0.15, -0.1) is 0 Å². The van der Waals surface area contributed by atoms with Gasteiger partial charge in [-0.3, -0.25) is 10.8 Å². The van der Waals surface area contributed by atoms with E-state index < -0.39 is 0 Å². The molecule has 0 aliphatic rings. The molecule has 0 fully saturated rings. The van der Waals surface area contributed by atoms with Crippen LogP contribution in [-0.2, 0) is 0 Å². The lowest BCUT2D eigenvalue weighted by Gasteiger charge is -2.05. The Morgan fingerprint density at radius 2 is 2.23 bits per heavy atom. The Kier molecular flexibility index (Phi) is 1.87. The lowest BCUT2D eigenvalue weighted by atomic mass is 10.1. The molecule has 66 valence electrons. The number of anilines is 1. The Morgan fingerprint density at radius 1 is 1.38 bits per heavy atom. The van der Waals surface area contributed by atoms with Crippen LogP contribution in [-0.4, -0.2) is 4.98 Å². The first-order valence-corrected chi connectivity index (χ1v) is 4.13. The third-order valence-corrected chi connectivity index (χ3v) is 2.00. The fourth-order valence-electron chi connectivity index (χ4n) is 1.45. The number of nitrogens with one attached hydrogen (secondary N) is 1. The maximum Gasteiger partial charge on any atom is 0.0946 e. The number of aryl methyl sites for hydroxylation is 1. The van der Waals surface area contributed by atoms with Gasteiger partial charge >= 0.3 is 0 Å². The molecular formula is C10H11N3. The molecule has 1 heterocycles. The van der Waals surface area contributed by atoms with Crippen molar-refractivity contribution in [1.82, 2.24) is 4.98 Å². The second-order valence-corrected chi connectivity index (χ2v) is 3.03. The number of hydrogen-bond acceptors (Lipinski definition) is 3. The number of pyridine rings is 1. The second-order valence-electron chi connectivity index (χ2n) is 3.03. The smallest absolute Gasteiger partial charge is 0.0946 e. The SMILES string of the molecule is Cc1cc(NN)c2ncccc2c1. The molecule has 3 heteroatoms. The quantitative estimate of drug-likeness (QED) is 0.511. The van der Waals surface area contributed by atoms with Crippen molar-refractivity contribution in [2.75, 3.05) is 5.43 Å². The van der Waals surface area contributed by atoms with Gasteiger partial charge in [0.25, 0.3) is 0 Å². The van der Waals surface area contributed by atoms with Crippen LogP contribution in [0.5, 0.6) is 0 Å². The molecule has 3 nitrogen and oxygen atoms in total. The van der Waals surface area contributed by atoms with E-state index in [1.54, 1.807) is 6.20 Å². The number of hydrogen-bond donors (Lipinski definition) is 2. The summed E-state index contributed by atoms with van der Waals surface area (Å²) in [6, 6.07) is 8.01. The van der Waals surface area contributed by atoms with Crippen LogP contribution in [0.4, 0.5) is 5.69 Å². The molecule has 1 aromatic heterocycles. The first kappa shape index (κ1) is 8.01. The van der Waals surface area contributed by atoms with Gasteiger partial charge in [-0.25, -0.2) is 0 Å². The summed E-state index contributed by atoms with van der Waals surface area (Å²) < 4.78 is 0. The highest BCUT2D eigenvalue weighted by molar-refractivity contribution is 5.90. The zero-order valence-corrected chi connectivity index (χ0v) is 7.41. The van der Waals surface area contributed by atoms with Crippen molar-refractivity contribution in [2.24, 2.45) is 5.84 Å². The van der Waals surface area contributed by atoms with Gasteiger partial charge in [-0.1, -0.05) is 6.07 Å². The second kappa shape index (κ2) is 3.03. The monoisotopic (exact) mass is 173 g/mol. The fourth-order valence-corrected chi connectivity index (χ4v) is 1.45. The van der Waals surface area contributed by atoms with E-state index >= 15 is 0 Å². The number of nitrogens with zero attached hydrogens (tertiary/aromatic N) is 1. The standard InChI is InChI=1S/C10H11N3/c1-7-5-8-3-2-4-12-10(8)9(6-7)13-11/h2-6,13H,11H2,1H3. The average molecular weight is 173 g/mol. The zero-order chi connectivity index (χ0) is 9.26. The minimum atomic E-state index is 0.871. The Balaban J connectivity index is 2.81. The van der Waals surface area contributed by atoms with Gasteiger partial charge in [0, 0.05) is 11.6 Å². The maximum absolute atomic E-state index is 5.39. The molecule has 2 rings (SSSR count). The number of nitrogens with two attached hydrogens (primary N) is 1. The zero-order valence-electron chi connectivity index (χ0n) is 7.41. The lowest BCUT2D eigenvalue weighted by molar-refractivity contribution is 1.32. The lowest BCUT2D eigenvalue weighted by Crippen LogP contribution is -2.07. The first-order valence-electron chi connectivity index (χ1n) is 4.13. The van der Waals surface area contributed by atoms with E-state index in [0.29, 0.717) is 0 Å². The molecule has 0 saturated carbocycles. The predicted molar refractivity (Wildman–Crippen MR) is 54.3 cm³/mol. The number of nitrogen functional groups attached to an aromatic ring is 1. The molecule has 1 aromatic carbocycles. The van der Waals surface area contributed by atoms with E-state index in [2.05, 4.69) is 16.5 Å². The summed E-state index contributed by atoms with van der Waals surface area (Å²) in [4.78, 5) is 4.25. The highest BCUT2D eigenvalue weighted by Gasteiger charge is 2.00. The van der Waals surface area contributed by atoms with Crippen molar-refractivity contribution in [3.8, 4) is 0 Å². The van der Waals surface area contributed by atoms with Gasteiger partial charge in [0.1, 0.15) is 0 Å².